The molecule has 1 aromatic carbocycles. The van der Waals surface area contributed by atoms with Gasteiger partial charge in [-0.1, -0.05) is 13.8 Å². The third kappa shape index (κ3) is 3.07. The molecule has 20 heavy (non-hydrogen) atoms. The summed E-state index contributed by atoms with van der Waals surface area (Å²) in [6, 6.07) is 3.78. The van der Waals surface area contributed by atoms with E-state index in [9.17, 15) is 5.11 Å². The summed E-state index contributed by atoms with van der Waals surface area (Å²) in [5.74, 6) is 2.24. The zero-order chi connectivity index (χ0) is 14.7. The Morgan fingerprint density at radius 2 is 1.90 bits per heavy atom. The lowest BCUT2D eigenvalue weighted by atomic mass is 9.94. The van der Waals surface area contributed by atoms with Gasteiger partial charge in [0, 0.05) is 24.2 Å². The fraction of sp³-hybridized carbons (Fsp3) is 0.625. The fourth-order valence-electron chi connectivity index (χ4n) is 2.76. The van der Waals surface area contributed by atoms with Crippen molar-refractivity contribution >= 4 is 0 Å². The standard InChI is InChI=1S/C16H25NO3/c1-11(2)7-8-17-9-12-14(19-3)5-6-15(20-4)16(12)13(18)10-17/h5-6,11,13,18H,7-10H2,1-4H3/t13-/m0/s1. The van der Waals surface area contributed by atoms with Gasteiger partial charge in [-0.05, 0) is 31.0 Å². The Balaban J connectivity index is 2.28. The van der Waals surface area contributed by atoms with E-state index in [0.29, 0.717) is 12.5 Å². The second kappa shape index (κ2) is 6.46. The Bertz CT molecular complexity index is 459. The molecule has 1 aliphatic rings. The van der Waals surface area contributed by atoms with Crippen molar-refractivity contribution in [3.8, 4) is 11.5 Å². The van der Waals surface area contributed by atoms with Gasteiger partial charge >= 0.3 is 0 Å². The number of methoxy groups -OCH3 is 2. The highest BCUT2D eigenvalue weighted by Crippen LogP contribution is 2.39. The molecule has 0 saturated heterocycles. The van der Waals surface area contributed by atoms with Gasteiger partial charge in [-0.3, -0.25) is 4.90 Å². The molecule has 112 valence electrons. The van der Waals surface area contributed by atoms with E-state index in [2.05, 4.69) is 18.7 Å². The molecule has 0 spiro atoms. The number of β-amino-alcohol motifs (C(OH)–C–C–N with tert-alkyl or cyclic N) is 1. The number of benzene rings is 1. The molecule has 1 N–H and O–H groups in total. The summed E-state index contributed by atoms with van der Waals surface area (Å²) in [6.07, 6.45) is 0.616. The monoisotopic (exact) mass is 279 g/mol. The molecule has 2 rings (SSSR count). The predicted octanol–water partition coefficient (Wildman–Crippen LogP) is 2.60. The predicted molar refractivity (Wildman–Crippen MR) is 79.2 cm³/mol. The summed E-state index contributed by atoms with van der Waals surface area (Å²) >= 11 is 0. The van der Waals surface area contributed by atoms with Gasteiger partial charge in [-0.15, -0.1) is 0 Å². The maximum atomic E-state index is 10.5. The molecule has 0 saturated carbocycles. The minimum atomic E-state index is -0.518. The zero-order valence-electron chi connectivity index (χ0n) is 12.8. The maximum Gasteiger partial charge on any atom is 0.125 e. The molecule has 4 heteroatoms. The summed E-state index contributed by atoms with van der Waals surface area (Å²) < 4.78 is 10.8. The molecule has 1 aliphatic heterocycles. The minimum absolute atomic E-state index is 0.518. The number of nitrogens with zero attached hydrogens (tertiary/aromatic N) is 1. The minimum Gasteiger partial charge on any atom is -0.496 e. The molecule has 0 amide bonds. The normalized spacial score (nSPS) is 19.0. The van der Waals surface area contributed by atoms with Gasteiger partial charge in [0.1, 0.15) is 11.5 Å². The quantitative estimate of drug-likeness (QED) is 0.899. The van der Waals surface area contributed by atoms with Crippen molar-refractivity contribution in [2.24, 2.45) is 5.92 Å². The van der Waals surface area contributed by atoms with Gasteiger partial charge in [-0.25, -0.2) is 0 Å². The molecule has 0 aliphatic carbocycles. The van der Waals surface area contributed by atoms with Crippen molar-refractivity contribution in [1.82, 2.24) is 4.90 Å². The zero-order valence-corrected chi connectivity index (χ0v) is 12.8. The van der Waals surface area contributed by atoms with Crippen molar-refractivity contribution in [2.75, 3.05) is 27.3 Å². The van der Waals surface area contributed by atoms with E-state index in [-0.39, 0.29) is 0 Å². The fourth-order valence-corrected chi connectivity index (χ4v) is 2.76. The van der Waals surface area contributed by atoms with Crippen LogP contribution in [0, 0.1) is 5.92 Å². The van der Waals surface area contributed by atoms with Gasteiger partial charge in [-0.2, -0.15) is 0 Å². The first-order valence-corrected chi connectivity index (χ1v) is 7.21. The van der Waals surface area contributed by atoms with Crippen LogP contribution in [0.5, 0.6) is 11.5 Å². The van der Waals surface area contributed by atoms with E-state index in [4.69, 9.17) is 9.47 Å². The van der Waals surface area contributed by atoms with Gasteiger partial charge in [0.2, 0.25) is 0 Å². The highest BCUT2D eigenvalue weighted by Gasteiger charge is 2.29. The topological polar surface area (TPSA) is 41.9 Å². The number of fused-ring (bicyclic) bond motifs is 1. The Labute approximate surface area is 121 Å². The molecule has 0 bridgehead atoms. The average Bonchev–Trinajstić information content (AvgIpc) is 2.43. The lowest BCUT2D eigenvalue weighted by Gasteiger charge is -2.34. The maximum absolute atomic E-state index is 10.5. The summed E-state index contributed by atoms with van der Waals surface area (Å²) in [4.78, 5) is 2.29. The van der Waals surface area contributed by atoms with Crippen LogP contribution in [0.3, 0.4) is 0 Å². The Kier molecular flexibility index (Phi) is 4.89. The summed E-state index contributed by atoms with van der Waals surface area (Å²) in [7, 11) is 3.31. The SMILES string of the molecule is COc1ccc(OC)c2c1CN(CCC(C)C)C[C@@H]2O. The molecule has 1 heterocycles. The molecule has 0 fully saturated rings. The van der Waals surface area contributed by atoms with Crippen molar-refractivity contribution in [1.29, 1.82) is 0 Å². The number of aliphatic hydroxyl groups excluding tert-OH is 1. The number of aliphatic hydroxyl groups is 1. The van der Waals surface area contributed by atoms with E-state index in [1.165, 1.54) is 0 Å². The molecular weight excluding hydrogens is 254 g/mol. The number of rotatable bonds is 5. The highest BCUT2D eigenvalue weighted by molar-refractivity contribution is 5.51. The second-order valence-electron chi connectivity index (χ2n) is 5.80. The number of ether oxygens (including phenoxy) is 2. The van der Waals surface area contributed by atoms with Crippen LogP contribution in [0.1, 0.15) is 37.5 Å². The molecule has 0 aromatic heterocycles. The lowest BCUT2D eigenvalue weighted by molar-refractivity contribution is 0.0857. The summed E-state index contributed by atoms with van der Waals surface area (Å²) in [6.45, 7) is 6.90. The van der Waals surface area contributed by atoms with Crippen molar-refractivity contribution in [3.63, 3.8) is 0 Å². The van der Waals surface area contributed by atoms with Gasteiger partial charge in [0.05, 0.1) is 20.3 Å². The van der Waals surface area contributed by atoms with Crippen molar-refractivity contribution < 1.29 is 14.6 Å². The van der Waals surface area contributed by atoms with Crippen LogP contribution in [0.4, 0.5) is 0 Å². The molecule has 1 atom stereocenters. The van der Waals surface area contributed by atoms with Crippen molar-refractivity contribution in [3.05, 3.63) is 23.3 Å². The van der Waals surface area contributed by atoms with E-state index in [0.717, 1.165) is 42.1 Å². The Hall–Kier alpha value is -1.26. The van der Waals surface area contributed by atoms with Crippen LogP contribution in [-0.4, -0.2) is 37.3 Å². The van der Waals surface area contributed by atoms with Crippen molar-refractivity contribution in [2.45, 2.75) is 32.9 Å². The smallest absolute Gasteiger partial charge is 0.125 e. The first-order chi connectivity index (χ1) is 9.56. The van der Waals surface area contributed by atoms with Gasteiger partial charge in [0.25, 0.3) is 0 Å². The third-order valence-corrected chi connectivity index (χ3v) is 3.88. The Morgan fingerprint density at radius 3 is 2.50 bits per heavy atom. The first kappa shape index (κ1) is 15.1. The van der Waals surface area contributed by atoms with Crippen LogP contribution in [0.25, 0.3) is 0 Å². The molecule has 0 unspecified atom stereocenters. The lowest BCUT2D eigenvalue weighted by Crippen LogP contribution is -2.35. The van der Waals surface area contributed by atoms with Gasteiger partial charge in [0.15, 0.2) is 0 Å². The average molecular weight is 279 g/mol. The third-order valence-electron chi connectivity index (χ3n) is 3.88. The van der Waals surface area contributed by atoms with Crippen LogP contribution in [0.2, 0.25) is 0 Å². The van der Waals surface area contributed by atoms with Crippen LogP contribution in [-0.2, 0) is 6.54 Å². The molecule has 1 aromatic rings. The van der Waals surface area contributed by atoms with E-state index >= 15 is 0 Å². The van der Waals surface area contributed by atoms with Crippen LogP contribution < -0.4 is 9.47 Å². The molecule has 0 radical (unpaired) electrons. The van der Waals surface area contributed by atoms with Crippen LogP contribution >= 0.6 is 0 Å². The Morgan fingerprint density at radius 1 is 1.25 bits per heavy atom. The van der Waals surface area contributed by atoms with E-state index in [1.807, 2.05) is 12.1 Å². The van der Waals surface area contributed by atoms with E-state index in [1.54, 1.807) is 14.2 Å². The molecule has 4 nitrogen and oxygen atoms in total. The second-order valence-corrected chi connectivity index (χ2v) is 5.80. The number of hydrogen-bond donors (Lipinski definition) is 1. The largest absolute Gasteiger partial charge is 0.496 e. The summed E-state index contributed by atoms with van der Waals surface area (Å²) in [5.41, 5.74) is 1.93. The number of hydrogen-bond acceptors (Lipinski definition) is 4. The molecular formula is C16H25NO3. The van der Waals surface area contributed by atoms with Crippen LogP contribution in [0.15, 0.2) is 12.1 Å². The first-order valence-electron chi connectivity index (χ1n) is 7.21. The summed E-state index contributed by atoms with van der Waals surface area (Å²) in [5, 5.41) is 10.5. The highest BCUT2D eigenvalue weighted by atomic mass is 16.5. The van der Waals surface area contributed by atoms with E-state index < -0.39 is 6.10 Å². The van der Waals surface area contributed by atoms with Gasteiger partial charge < -0.3 is 14.6 Å².